The smallest absolute Gasteiger partial charge is 0.261 e. The monoisotopic (exact) mass is 792 g/mol. The number of benzene rings is 6. The van der Waals surface area contributed by atoms with Crippen molar-refractivity contribution in [2.24, 2.45) is 0 Å². The van der Waals surface area contributed by atoms with Gasteiger partial charge in [0.05, 0.1) is 35.6 Å². The Kier molecular flexibility index (Phi) is 9.89. The van der Waals surface area contributed by atoms with Gasteiger partial charge in [0, 0.05) is 0 Å². The van der Waals surface area contributed by atoms with Crippen molar-refractivity contribution in [2.75, 3.05) is 0 Å². The molecule has 0 bridgehead atoms. The molecule has 2 amide bonds. The van der Waals surface area contributed by atoms with Crippen LogP contribution in [0, 0.1) is 0 Å². The molecule has 0 saturated carbocycles. The fraction of sp³-hybridized carbons (Fsp3) is 0.321. The molecule has 60 heavy (non-hydrogen) atoms. The summed E-state index contributed by atoms with van der Waals surface area (Å²) in [6.45, 7) is 27.5. The van der Waals surface area contributed by atoms with Crippen LogP contribution >= 0.6 is 0 Å². The summed E-state index contributed by atoms with van der Waals surface area (Å²) in [5.74, 6) is -0.297. The molecule has 2 aliphatic heterocycles. The van der Waals surface area contributed by atoms with E-state index >= 15 is 9.59 Å². The molecule has 6 aromatic carbocycles. The summed E-state index contributed by atoms with van der Waals surface area (Å²) < 4.78 is 0. The van der Waals surface area contributed by atoms with Gasteiger partial charge in [-0.3, -0.25) is 9.59 Å². The summed E-state index contributed by atoms with van der Waals surface area (Å²) in [5.41, 5.74) is 10.6. The molecular weight excluding hydrogens is 733 g/mol. The summed E-state index contributed by atoms with van der Waals surface area (Å²) in [4.78, 5) is 35.0. The van der Waals surface area contributed by atoms with Crippen molar-refractivity contribution >= 4 is 44.8 Å². The first kappa shape index (κ1) is 41.0. The minimum absolute atomic E-state index is 0.0967. The van der Waals surface area contributed by atoms with Gasteiger partial charge in [0.2, 0.25) is 0 Å². The summed E-state index contributed by atoms with van der Waals surface area (Å²) in [5, 5.41) is 4.33. The van der Waals surface area contributed by atoms with Crippen LogP contribution in [0.2, 0.25) is 0 Å². The average Bonchev–Trinajstić information content (AvgIpc) is 3.61. The molecule has 0 spiro atoms. The van der Waals surface area contributed by atoms with Gasteiger partial charge in [0.25, 0.3) is 11.8 Å². The number of nitrogens with zero attached hydrogens (tertiary/aromatic N) is 2. The van der Waals surface area contributed by atoms with E-state index in [0.29, 0.717) is 35.6 Å². The molecule has 0 unspecified atom stereocenters. The van der Waals surface area contributed by atoms with Gasteiger partial charge in [-0.15, -0.1) is 0 Å². The Bertz CT molecular complexity index is 2530. The second-order valence-electron chi connectivity index (χ2n) is 21.2. The third-order valence-electron chi connectivity index (χ3n) is 12.4. The molecule has 0 N–H and O–H groups in total. The third kappa shape index (κ3) is 7.62. The minimum Gasteiger partial charge on any atom is -0.302 e. The normalized spacial score (nSPS) is 15.3. The third-order valence-corrected chi connectivity index (χ3v) is 12.4. The van der Waals surface area contributed by atoms with Crippen molar-refractivity contribution in [3.63, 3.8) is 0 Å². The van der Waals surface area contributed by atoms with E-state index in [1.807, 2.05) is 34.1 Å². The number of hydrogen-bond acceptors (Lipinski definition) is 2. The molecule has 6 aromatic rings. The predicted molar refractivity (Wildman–Crippen MR) is 251 cm³/mol. The second-order valence-corrected chi connectivity index (χ2v) is 21.2. The maximum Gasteiger partial charge on any atom is 0.261 e. The number of hydrogen-bond donors (Lipinski definition) is 0. The quantitative estimate of drug-likeness (QED) is 0.169. The Morgan fingerprint density at radius 3 is 0.967 bits per heavy atom. The zero-order valence-electron chi connectivity index (χ0n) is 37.7. The molecular formula is C56H60N2O2. The van der Waals surface area contributed by atoms with Gasteiger partial charge in [-0.05, 0) is 99.8 Å². The molecule has 2 heterocycles. The first-order valence-corrected chi connectivity index (χ1v) is 21.5. The number of rotatable bonds is 6. The Balaban J connectivity index is 1.38. The zero-order chi connectivity index (χ0) is 43.1. The van der Waals surface area contributed by atoms with Crippen LogP contribution in [0.5, 0.6) is 0 Å². The molecule has 0 radical (unpaired) electrons. The van der Waals surface area contributed by atoms with E-state index in [1.54, 1.807) is 0 Å². The van der Waals surface area contributed by atoms with Crippen molar-refractivity contribution in [3.05, 3.63) is 177 Å². The van der Waals surface area contributed by atoms with Crippen LogP contribution in [0.25, 0.3) is 32.9 Å². The van der Waals surface area contributed by atoms with E-state index in [9.17, 15) is 0 Å². The van der Waals surface area contributed by atoms with Crippen LogP contribution < -0.4 is 0 Å². The maximum atomic E-state index is 15.6. The molecule has 0 saturated heterocycles. The molecule has 0 aliphatic carbocycles. The fourth-order valence-corrected chi connectivity index (χ4v) is 8.64. The highest BCUT2D eigenvalue weighted by Gasteiger charge is 2.49. The topological polar surface area (TPSA) is 40.6 Å². The lowest BCUT2D eigenvalue weighted by Gasteiger charge is -2.29. The Hall–Kier alpha value is -5.74. The standard InChI is InChI=1S/C56H60N2O2/c1-53(2,3)43-25-35(26-44(31-43)54(4,5)6)33-57-49(41-23-21-37-17-13-15-19-39(37)29-41)47-48(51(57)59)50(42-24-22-38-18-14-16-20-40(38)30-42)58(52(47)60)34-36-27-45(55(7,8)9)32-46(28-36)56(10,11)12/h13-32H,33-34H2,1-12H3. The second kappa shape index (κ2) is 14.5. The summed E-state index contributed by atoms with van der Waals surface area (Å²) in [7, 11) is 0. The van der Waals surface area contributed by atoms with E-state index < -0.39 is 0 Å². The van der Waals surface area contributed by atoms with Crippen LogP contribution in [-0.2, 0) is 44.3 Å². The SMILES string of the molecule is CC(C)(C)c1cc(CN2C(=O)C3=C(c4ccc5ccccc5c4)N(Cc4cc(C(C)(C)C)cc(C(C)(C)C)c4)C(=O)C3=C2c2ccc3ccccc3c2)cc(C(C)(C)C)c1. The van der Waals surface area contributed by atoms with Crippen LogP contribution in [0.4, 0.5) is 0 Å². The Morgan fingerprint density at radius 2 is 0.667 bits per heavy atom. The van der Waals surface area contributed by atoms with E-state index in [0.717, 1.165) is 43.8 Å². The van der Waals surface area contributed by atoms with Gasteiger partial charge in [-0.25, -0.2) is 0 Å². The lowest BCUT2D eigenvalue weighted by atomic mass is 9.79. The molecule has 2 aliphatic rings. The Morgan fingerprint density at radius 1 is 0.367 bits per heavy atom. The van der Waals surface area contributed by atoms with Crippen LogP contribution in [0.3, 0.4) is 0 Å². The summed E-state index contributed by atoms with van der Waals surface area (Å²) in [6, 6.07) is 42.8. The van der Waals surface area contributed by atoms with Gasteiger partial charge in [0.1, 0.15) is 0 Å². The average molecular weight is 793 g/mol. The van der Waals surface area contributed by atoms with Crippen LogP contribution in [0.1, 0.15) is 128 Å². The molecule has 306 valence electrons. The molecule has 0 fully saturated rings. The van der Waals surface area contributed by atoms with Gasteiger partial charge >= 0.3 is 0 Å². The van der Waals surface area contributed by atoms with Crippen molar-refractivity contribution in [2.45, 2.75) is 118 Å². The number of amides is 2. The van der Waals surface area contributed by atoms with Crippen LogP contribution in [-0.4, -0.2) is 21.6 Å². The molecule has 8 rings (SSSR count). The highest BCUT2D eigenvalue weighted by molar-refractivity contribution is 6.30. The number of carbonyl (C=O) groups is 2. The number of carbonyl (C=O) groups excluding carboxylic acids is 2. The van der Waals surface area contributed by atoms with Crippen molar-refractivity contribution in [1.82, 2.24) is 9.80 Å². The first-order valence-electron chi connectivity index (χ1n) is 21.5. The maximum absolute atomic E-state index is 15.6. The lowest BCUT2D eigenvalue weighted by molar-refractivity contribution is -0.124. The van der Waals surface area contributed by atoms with E-state index in [-0.39, 0.29) is 33.5 Å². The lowest BCUT2D eigenvalue weighted by Crippen LogP contribution is -2.30. The largest absolute Gasteiger partial charge is 0.302 e. The van der Waals surface area contributed by atoms with Crippen molar-refractivity contribution < 1.29 is 9.59 Å². The van der Waals surface area contributed by atoms with E-state index in [1.165, 1.54) is 22.3 Å². The first-order chi connectivity index (χ1) is 28.1. The van der Waals surface area contributed by atoms with Crippen molar-refractivity contribution in [3.8, 4) is 0 Å². The Labute approximate surface area is 357 Å². The van der Waals surface area contributed by atoms with E-state index in [4.69, 9.17) is 0 Å². The predicted octanol–water partition coefficient (Wildman–Crippen LogP) is 13.4. The molecule has 0 aromatic heterocycles. The minimum atomic E-state index is -0.149. The highest BCUT2D eigenvalue weighted by Crippen LogP contribution is 2.49. The number of fused-ring (bicyclic) bond motifs is 3. The van der Waals surface area contributed by atoms with E-state index in [2.05, 4.69) is 180 Å². The molecule has 4 nitrogen and oxygen atoms in total. The molecule has 0 atom stereocenters. The van der Waals surface area contributed by atoms with Crippen molar-refractivity contribution in [1.29, 1.82) is 0 Å². The summed E-state index contributed by atoms with van der Waals surface area (Å²) in [6.07, 6.45) is 0. The van der Waals surface area contributed by atoms with Gasteiger partial charge in [0.15, 0.2) is 0 Å². The van der Waals surface area contributed by atoms with Crippen LogP contribution in [0.15, 0.2) is 132 Å². The van der Waals surface area contributed by atoms with Gasteiger partial charge < -0.3 is 9.80 Å². The highest BCUT2D eigenvalue weighted by atomic mass is 16.2. The molecule has 4 heteroatoms. The summed E-state index contributed by atoms with van der Waals surface area (Å²) >= 11 is 0. The van der Waals surface area contributed by atoms with Gasteiger partial charge in [-0.1, -0.05) is 192 Å². The fourth-order valence-electron chi connectivity index (χ4n) is 8.64. The van der Waals surface area contributed by atoms with Gasteiger partial charge in [-0.2, -0.15) is 0 Å². The zero-order valence-corrected chi connectivity index (χ0v) is 37.7.